The summed E-state index contributed by atoms with van der Waals surface area (Å²) in [6.07, 6.45) is -1.95. The fourth-order valence-corrected chi connectivity index (χ4v) is 3.91. The Morgan fingerprint density at radius 3 is 2.78 bits per heavy atom. The Kier molecular flexibility index (Phi) is 3.93. The molecule has 1 N–H and O–H groups in total. The van der Waals surface area contributed by atoms with Crippen LogP contribution in [0.3, 0.4) is 0 Å². The Labute approximate surface area is 131 Å². The molecule has 124 valence electrons. The topological polar surface area (TPSA) is 64.0 Å². The van der Waals surface area contributed by atoms with E-state index in [2.05, 4.69) is 9.82 Å². The van der Waals surface area contributed by atoms with E-state index in [4.69, 9.17) is 0 Å². The molecule has 5 nitrogen and oxygen atoms in total. The molecule has 0 aliphatic carbocycles. The second kappa shape index (κ2) is 5.64. The van der Waals surface area contributed by atoms with Crippen molar-refractivity contribution < 1.29 is 21.6 Å². The first-order valence-corrected chi connectivity index (χ1v) is 8.44. The summed E-state index contributed by atoms with van der Waals surface area (Å²) in [5.74, 6) is 0. The van der Waals surface area contributed by atoms with Crippen molar-refractivity contribution in [3.05, 3.63) is 47.8 Å². The van der Waals surface area contributed by atoms with Crippen molar-refractivity contribution >= 4 is 10.0 Å². The maximum Gasteiger partial charge on any atom is 0.416 e. The molecule has 9 heteroatoms. The zero-order valence-corrected chi connectivity index (χ0v) is 12.7. The van der Waals surface area contributed by atoms with E-state index in [9.17, 15) is 21.6 Å². The fourth-order valence-electron chi connectivity index (χ4n) is 2.60. The Balaban J connectivity index is 1.80. The number of halogens is 3. The predicted octanol–water partition coefficient (Wildman–Crippen LogP) is 2.20. The van der Waals surface area contributed by atoms with Crippen molar-refractivity contribution in [3.8, 4) is 0 Å². The van der Waals surface area contributed by atoms with Crippen LogP contribution < -0.4 is 4.72 Å². The average Bonchev–Trinajstić information content (AvgIpc) is 2.93. The number of nitrogens with zero attached hydrogens (tertiary/aromatic N) is 2. The molecular weight excluding hydrogens is 331 g/mol. The normalized spacial score (nSPS) is 18.7. The Bertz CT molecular complexity index is 815. The van der Waals surface area contributed by atoms with Gasteiger partial charge >= 0.3 is 6.18 Å². The van der Waals surface area contributed by atoms with E-state index < -0.39 is 21.8 Å². The number of benzene rings is 1. The lowest BCUT2D eigenvalue weighted by Gasteiger charge is -2.24. The van der Waals surface area contributed by atoms with Gasteiger partial charge in [-0.3, -0.25) is 4.68 Å². The summed E-state index contributed by atoms with van der Waals surface area (Å²) in [5, 5.41) is 4.10. The number of aryl methyl sites for hydroxylation is 1. The van der Waals surface area contributed by atoms with Crippen molar-refractivity contribution in [2.45, 2.75) is 36.5 Å². The van der Waals surface area contributed by atoms with Crippen molar-refractivity contribution in [1.82, 2.24) is 14.5 Å². The van der Waals surface area contributed by atoms with Gasteiger partial charge in [0, 0.05) is 30.9 Å². The second-order valence-corrected chi connectivity index (χ2v) is 7.10. The smallest absolute Gasteiger partial charge is 0.269 e. The molecule has 0 amide bonds. The first-order valence-electron chi connectivity index (χ1n) is 6.96. The lowest BCUT2D eigenvalue weighted by molar-refractivity contribution is -0.137. The highest BCUT2D eigenvalue weighted by Gasteiger charge is 2.32. The number of aromatic nitrogens is 2. The molecule has 0 saturated carbocycles. The van der Waals surface area contributed by atoms with Gasteiger partial charge in [-0.15, -0.1) is 0 Å². The van der Waals surface area contributed by atoms with Crippen LogP contribution in [0.15, 0.2) is 41.4 Å². The zero-order valence-electron chi connectivity index (χ0n) is 11.9. The van der Waals surface area contributed by atoms with E-state index in [-0.39, 0.29) is 10.9 Å². The lowest BCUT2D eigenvalue weighted by atomic mass is 10.1. The molecule has 0 spiro atoms. The number of nitrogens with one attached hydrogen (secondary N) is 1. The molecule has 1 aliphatic heterocycles. The van der Waals surface area contributed by atoms with Crippen molar-refractivity contribution in [3.63, 3.8) is 0 Å². The third kappa shape index (κ3) is 3.40. The molecule has 3 rings (SSSR count). The minimum atomic E-state index is -4.58. The van der Waals surface area contributed by atoms with Crippen LogP contribution in [0, 0.1) is 0 Å². The van der Waals surface area contributed by atoms with Gasteiger partial charge in [-0.05, 0) is 30.7 Å². The number of hydrogen-bond donors (Lipinski definition) is 1. The zero-order chi connectivity index (χ0) is 16.7. The summed E-state index contributed by atoms with van der Waals surface area (Å²) in [6.45, 7) is 0.568. The Morgan fingerprint density at radius 1 is 1.26 bits per heavy atom. The first-order chi connectivity index (χ1) is 10.8. The van der Waals surface area contributed by atoms with Gasteiger partial charge in [0.25, 0.3) is 0 Å². The Morgan fingerprint density at radius 2 is 2.04 bits per heavy atom. The maximum absolute atomic E-state index is 12.7. The quantitative estimate of drug-likeness (QED) is 0.928. The second-order valence-electron chi connectivity index (χ2n) is 5.38. The van der Waals surface area contributed by atoms with Crippen LogP contribution >= 0.6 is 0 Å². The van der Waals surface area contributed by atoms with E-state index >= 15 is 0 Å². The highest BCUT2D eigenvalue weighted by atomic mass is 32.2. The SMILES string of the molecule is O=S(=O)(NC1CCn2nccc2C1)c1cccc(C(F)(F)F)c1. The van der Waals surface area contributed by atoms with Crippen LogP contribution in [-0.4, -0.2) is 24.2 Å². The third-order valence-electron chi connectivity index (χ3n) is 3.74. The lowest BCUT2D eigenvalue weighted by Crippen LogP contribution is -2.40. The van der Waals surface area contributed by atoms with Gasteiger partial charge in [0.2, 0.25) is 10.0 Å². The molecule has 1 aromatic heterocycles. The minimum Gasteiger partial charge on any atom is -0.269 e. The monoisotopic (exact) mass is 345 g/mol. The van der Waals surface area contributed by atoms with Gasteiger partial charge in [-0.2, -0.15) is 18.3 Å². The van der Waals surface area contributed by atoms with E-state index in [0.717, 1.165) is 23.9 Å². The molecule has 2 aromatic rings. The van der Waals surface area contributed by atoms with E-state index in [1.54, 1.807) is 16.9 Å². The van der Waals surface area contributed by atoms with E-state index in [0.29, 0.717) is 25.5 Å². The van der Waals surface area contributed by atoms with Gasteiger partial charge in [-0.1, -0.05) is 6.07 Å². The van der Waals surface area contributed by atoms with Crippen molar-refractivity contribution in [2.24, 2.45) is 0 Å². The maximum atomic E-state index is 12.7. The number of alkyl halides is 3. The van der Waals surface area contributed by atoms with Crippen molar-refractivity contribution in [1.29, 1.82) is 0 Å². The highest BCUT2D eigenvalue weighted by molar-refractivity contribution is 7.89. The van der Waals surface area contributed by atoms with E-state index in [1.807, 2.05) is 0 Å². The van der Waals surface area contributed by atoms with Gasteiger partial charge in [0.1, 0.15) is 0 Å². The average molecular weight is 345 g/mol. The molecule has 2 heterocycles. The van der Waals surface area contributed by atoms with Crippen molar-refractivity contribution in [2.75, 3.05) is 0 Å². The van der Waals surface area contributed by atoms with Gasteiger partial charge in [0.05, 0.1) is 10.5 Å². The fraction of sp³-hybridized carbons (Fsp3) is 0.357. The summed E-state index contributed by atoms with van der Waals surface area (Å²) in [7, 11) is -4.01. The van der Waals surface area contributed by atoms with Gasteiger partial charge in [0.15, 0.2) is 0 Å². The summed E-state index contributed by atoms with van der Waals surface area (Å²) in [6, 6.07) is 5.18. The molecule has 0 saturated heterocycles. The van der Waals surface area contributed by atoms with Crippen LogP contribution in [-0.2, 0) is 29.2 Å². The molecule has 1 aromatic carbocycles. The molecule has 1 aliphatic rings. The first kappa shape index (κ1) is 16.0. The number of fused-ring (bicyclic) bond motifs is 1. The third-order valence-corrected chi connectivity index (χ3v) is 5.26. The van der Waals surface area contributed by atoms with Crippen LogP contribution in [0.4, 0.5) is 13.2 Å². The molecule has 1 atom stereocenters. The molecule has 23 heavy (non-hydrogen) atoms. The van der Waals surface area contributed by atoms with Crippen LogP contribution in [0.25, 0.3) is 0 Å². The molecule has 0 bridgehead atoms. The predicted molar refractivity (Wildman–Crippen MR) is 76.1 cm³/mol. The highest BCUT2D eigenvalue weighted by Crippen LogP contribution is 2.30. The number of hydrogen-bond acceptors (Lipinski definition) is 3. The molecule has 1 unspecified atom stereocenters. The van der Waals surface area contributed by atoms with Gasteiger partial charge in [-0.25, -0.2) is 13.1 Å². The van der Waals surface area contributed by atoms with Crippen LogP contribution in [0.5, 0.6) is 0 Å². The molecular formula is C14H14F3N3O2S. The number of sulfonamides is 1. The number of rotatable bonds is 3. The summed E-state index contributed by atoms with van der Waals surface area (Å²) < 4.78 is 67.1. The largest absolute Gasteiger partial charge is 0.416 e. The van der Waals surface area contributed by atoms with Crippen LogP contribution in [0.1, 0.15) is 17.7 Å². The molecule has 0 radical (unpaired) electrons. The van der Waals surface area contributed by atoms with E-state index in [1.165, 1.54) is 0 Å². The summed E-state index contributed by atoms with van der Waals surface area (Å²) in [4.78, 5) is -0.383. The molecule has 0 fully saturated rings. The van der Waals surface area contributed by atoms with Gasteiger partial charge < -0.3 is 0 Å². The minimum absolute atomic E-state index is 0.362. The summed E-state index contributed by atoms with van der Waals surface area (Å²) >= 11 is 0. The Hall–Kier alpha value is -1.87. The summed E-state index contributed by atoms with van der Waals surface area (Å²) in [5.41, 5.74) is -0.0879. The standard InChI is InChI=1S/C14H14F3N3O2S/c15-14(16,17)10-2-1-3-13(8-10)23(21,22)19-11-5-7-20-12(9-11)4-6-18-20/h1-4,6,8,11,19H,5,7,9H2. The van der Waals surface area contributed by atoms with Crippen LogP contribution in [0.2, 0.25) is 0 Å².